The molecule has 0 aromatic heterocycles. The molecule has 120 valence electrons. The van der Waals surface area contributed by atoms with E-state index in [2.05, 4.69) is 4.72 Å². The highest BCUT2D eigenvalue weighted by Gasteiger charge is 2.29. The average Bonchev–Trinajstić information content (AvgIpc) is 2.39. The highest BCUT2D eigenvalue weighted by Crippen LogP contribution is 2.34. The van der Waals surface area contributed by atoms with Crippen LogP contribution in [0.5, 0.6) is 5.75 Å². The number of carboxylic acid groups (broad SMARTS) is 1. The van der Waals surface area contributed by atoms with E-state index in [0.29, 0.717) is 0 Å². The molecule has 1 aromatic carbocycles. The van der Waals surface area contributed by atoms with Crippen LogP contribution in [0, 0.1) is 0 Å². The molecule has 0 radical (unpaired) electrons. The van der Waals surface area contributed by atoms with Crippen molar-refractivity contribution in [3.05, 3.63) is 18.2 Å². The largest absolute Gasteiger partial charge is 0.482 e. The predicted octanol–water partition coefficient (Wildman–Crippen LogP) is 0.183. The number of nitrogens with zero attached hydrogens (tertiary/aromatic N) is 1. The first-order valence-electron chi connectivity index (χ1n) is 6.52. The Kier molecular flexibility index (Phi) is 4.38. The molecule has 22 heavy (non-hydrogen) atoms. The Bertz CT molecular complexity index is 713. The summed E-state index contributed by atoms with van der Waals surface area (Å²) in [5, 5.41) is 8.89. The van der Waals surface area contributed by atoms with Gasteiger partial charge in [-0.3, -0.25) is 14.5 Å². The number of fused-ring (bicyclic) bond motifs is 1. The van der Waals surface area contributed by atoms with Crippen LogP contribution in [-0.4, -0.2) is 44.6 Å². The van der Waals surface area contributed by atoms with Crippen molar-refractivity contribution in [2.24, 2.45) is 0 Å². The number of aliphatic carboxylic acids is 1. The van der Waals surface area contributed by atoms with Crippen molar-refractivity contribution in [3.8, 4) is 5.75 Å². The van der Waals surface area contributed by atoms with Crippen LogP contribution in [0.3, 0.4) is 0 Å². The van der Waals surface area contributed by atoms with Crippen LogP contribution < -0.4 is 14.4 Å². The van der Waals surface area contributed by atoms with Gasteiger partial charge in [-0.15, -0.1) is 0 Å². The molecule has 0 atom stereocenters. The molecular weight excluding hydrogens is 312 g/mol. The van der Waals surface area contributed by atoms with Crippen LogP contribution in [0.4, 0.5) is 5.69 Å². The number of sulfonamides is 1. The summed E-state index contributed by atoms with van der Waals surface area (Å²) in [6.07, 6.45) is 0. The van der Waals surface area contributed by atoms with Gasteiger partial charge in [0, 0.05) is 6.04 Å². The van der Waals surface area contributed by atoms with Gasteiger partial charge in [0.1, 0.15) is 12.3 Å². The number of benzene rings is 1. The summed E-state index contributed by atoms with van der Waals surface area (Å²) in [5.41, 5.74) is 0.130. The van der Waals surface area contributed by atoms with Crippen LogP contribution in [0.2, 0.25) is 0 Å². The first kappa shape index (κ1) is 16.2. The zero-order valence-corrected chi connectivity index (χ0v) is 12.9. The number of hydrogen-bond acceptors (Lipinski definition) is 5. The number of carbonyl (C=O) groups is 2. The zero-order chi connectivity index (χ0) is 16.5. The van der Waals surface area contributed by atoms with Gasteiger partial charge in [0.25, 0.3) is 5.91 Å². The molecule has 8 nitrogen and oxygen atoms in total. The summed E-state index contributed by atoms with van der Waals surface area (Å²) in [6.45, 7) is 2.52. The van der Waals surface area contributed by atoms with Gasteiger partial charge in [0.05, 0.1) is 10.6 Å². The van der Waals surface area contributed by atoms with E-state index in [1.54, 1.807) is 13.8 Å². The van der Waals surface area contributed by atoms with Crippen molar-refractivity contribution in [1.29, 1.82) is 0 Å². The first-order valence-corrected chi connectivity index (χ1v) is 8.00. The SMILES string of the molecule is CC(C)NS(=O)(=O)c1ccc2c(c1)N(CC(=O)O)C(=O)CO2. The molecule has 0 fully saturated rings. The van der Waals surface area contributed by atoms with Crippen LogP contribution in [-0.2, 0) is 19.6 Å². The fourth-order valence-electron chi connectivity index (χ4n) is 2.04. The molecule has 1 aliphatic heterocycles. The summed E-state index contributed by atoms with van der Waals surface area (Å²) in [4.78, 5) is 23.6. The Morgan fingerprint density at radius 1 is 1.45 bits per heavy atom. The van der Waals surface area contributed by atoms with Crippen LogP contribution in [0.15, 0.2) is 23.1 Å². The molecule has 1 aliphatic rings. The maximum Gasteiger partial charge on any atom is 0.323 e. The molecule has 2 N–H and O–H groups in total. The third kappa shape index (κ3) is 3.37. The molecule has 1 heterocycles. The number of hydrogen-bond donors (Lipinski definition) is 2. The van der Waals surface area contributed by atoms with Gasteiger partial charge >= 0.3 is 5.97 Å². The van der Waals surface area contributed by atoms with Crippen LogP contribution in [0.1, 0.15) is 13.8 Å². The molecule has 0 saturated carbocycles. The second kappa shape index (κ2) is 5.93. The topological polar surface area (TPSA) is 113 Å². The van der Waals surface area contributed by atoms with Crippen molar-refractivity contribution >= 4 is 27.6 Å². The summed E-state index contributed by atoms with van der Waals surface area (Å²) in [6, 6.07) is 3.69. The molecule has 9 heteroatoms. The number of nitrogens with one attached hydrogen (secondary N) is 1. The number of rotatable bonds is 5. The fourth-order valence-corrected chi connectivity index (χ4v) is 3.31. The number of carbonyl (C=O) groups excluding carboxylic acids is 1. The van der Waals surface area contributed by atoms with Crippen molar-refractivity contribution in [3.63, 3.8) is 0 Å². The van der Waals surface area contributed by atoms with E-state index in [9.17, 15) is 18.0 Å². The standard InChI is InChI=1S/C13H16N2O6S/c1-8(2)14-22(19,20)9-3-4-11-10(5-9)15(6-13(17)18)12(16)7-21-11/h3-5,8,14H,6-7H2,1-2H3,(H,17,18). The predicted molar refractivity (Wildman–Crippen MR) is 77.4 cm³/mol. The van der Waals surface area contributed by atoms with E-state index in [1.807, 2.05) is 0 Å². The van der Waals surface area contributed by atoms with Crippen LogP contribution >= 0.6 is 0 Å². The monoisotopic (exact) mass is 328 g/mol. The van der Waals surface area contributed by atoms with E-state index < -0.39 is 28.4 Å². The lowest BCUT2D eigenvalue weighted by Crippen LogP contribution is -2.42. The quantitative estimate of drug-likeness (QED) is 0.797. The number of amides is 1. The molecular formula is C13H16N2O6S. The van der Waals surface area contributed by atoms with Gasteiger partial charge in [-0.2, -0.15) is 0 Å². The average molecular weight is 328 g/mol. The highest BCUT2D eigenvalue weighted by molar-refractivity contribution is 7.89. The lowest BCUT2D eigenvalue weighted by Gasteiger charge is -2.28. The fraction of sp³-hybridized carbons (Fsp3) is 0.385. The van der Waals surface area contributed by atoms with Gasteiger partial charge in [0.2, 0.25) is 10.0 Å². The summed E-state index contributed by atoms with van der Waals surface area (Å²) >= 11 is 0. The molecule has 0 aliphatic carbocycles. The van der Waals surface area contributed by atoms with Crippen molar-refractivity contribution in [1.82, 2.24) is 4.72 Å². The number of anilines is 1. The Balaban J connectivity index is 2.46. The number of carboxylic acids is 1. The minimum atomic E-state index is -3.75. The Hall–Kier alpha value is -2.13. The first-order chi connectivity index (χ1) is 10.2. The molecule has 1 aromatic rings. The second-order valence-electron chi connectivity index (χ2n) is 5.07. The second-order valence-corrected chi connectivity index (χ2v) is 6.78. The molecule has 0 saturated heterocycles. The van der Waals surface area contributed by atoms with Crippen molar-refractivity contribution < 1.29 is 27.9 Å². The lowest BCUT2D eigenvalue weighted by atomic mass is 10.2. The minimum Gasteiger partial charge on any atom is -0.482 e. The zero-order valence-electron chi connectivity index (χ0n) is 12.1. The van der Waals surface area contributed by atoms with Gasteiger partial charge in [0.15, 0.2) is 6.61 Å². The Morgan fingerprint density at radius 2 is 2.14 bits per heavy atom. The lowest BCUT2D eigenvalue weighted by molar-refractivity contribution is -0.137. The highest BCUT2D eigenvalue weighted by atomic mass is 32.2. The Labute approximate surface area is 127 Å². The molecule has 0 unspecified atom stereocenters. The van der Waals surface area contributed by atoms with Gasteiger partial charge in [-0.1, -0.05) is 0 Å². The van der Waals surface area contributed by atoms with E-state index in [0.717, 1.165) is 4.90 Å². The molecule has 1 amide bonds. The van der Waals surface area contributed by atoms with E-state index in [4.69, 9.17) is 9.84 Å². The van der Waals surface area contributed by atoms with E-state index >= 15 is 0 Å². The Morgan fingerprint density at radius 3 is 2.73 bits per heavy atom. The van der Waals surface area contributed by atoms with Gasteiger partial charge in [-0.25, -0.2) is 13.1 Å². The minimum absolute atomic E-state index is 0.0614. The molecule has 2 rings (SSSR count). The molecule has 0 spiro atoms. The van der Waals surface area contributed by atoms with Gasteiger partial charge in [-0.05, 0) is 32.0 Å². The normalized spacial score (nSPS) is 14.7. The van der Waals surface area contributed by atoms with Crippen LogP contribution in [0.25, 0.3) is 0 Å². The van der Waals surface area contributed by atoms with Gasteiger partial charge < -0.3 is 9.84 Å². The van der Waals surface area contributed by atoms with Crippen molar-refractivity contribution in [2.45, 2.75) is 24.8 Å². The summed E-state index contributed by atoms with van der Waals surface area (Å²) < 4.78 is 32.0. The third-order valence-electron chi connectivity index (χ3n) is 2.87. The summed E-state index contributed by atoms with van der Waals surface area (Å²) in [5.74, 6) is -1.47. The smallest absolute Gasteiger partial charge is 0.323 e. The maximum absolute atomic E-state index is 12.2. The summed E-state index contributed by atoms with van der Waals surface area (Å²) in [7, 11) is -3.75. The number of ether oxygens (including phenoxy) is 1. The van der Waals surface area contributed by atoms with Crippen molar-refractivity contribution in [2.75, 3.05) is 18.1 Å². The maximum atomic E-state index is 12.2. The third-order valence-corrected chi connectivity index (χ3v) is 4.52. The van der Waals surface area contributed by atoms with E-state index in [-0.39, 0.29) is 29.0 Å². The van der Waals surface area contributed by atoms with E-state index in [1.165, 1.54) is 18.2 Å². The molecule has 0 bridgehead atoms.